The molecule has 1 saturated heterocycles. The molecule has 0 radical (unpaired) electrons. The number of rotatable bonds is 6. The average Bonchev–Trinajstić information content (AvgIpc) is 3.31. The molecule has 1 aliphatic heterocycles. The van der Waals surface area contributed by atoms with Gasteiger partial charge in [-0.1, -0.05) is 12.1 Å². The van der Waals surface area contributed by atoms with Crippen LogP contribution < -0.4 is 10.6 Å². The van der Waals surface area contributed by atoms with E-state index in [2.05, 4.69) is 20.7 Å². The SMILES string of the molecule is CCNC(=NCc1ccc(-n2cccn2)cc1)NC1CCN(CC(F)(F)F)C1. The van der Waals surface area contributed by atoms with Gasteiger partial charge in [-0.25, -0.2) is 9.67 Å². The number of hydrogen-bond donors (Lipinski definition) is 2. The Morgan fingerprint density at radius 1 is 1.29 bits per heavy atom. The van der Waals surface area contributed by atoms with E-state index in [1.54, 1.807) is 10.9 Å². The highest BCUT2D eigenvalue weighted by Gasteiger charge is 2.34. The number of nitrogens with zero attached hydrogens (tertiary/aromatic N) is 4. The smallest absolute Gasteiger partial charge is 0.357 e. The Kier molecular flexibility index (Phi) is 6.56. The Morgan fingerprint density at radius 2 is 2.07 bits per heavy atom. The molecule has 0 spiro atoms. The second-order valence-corrected chi connectivity index (χ2v) is 6.79. The molecule has 0 saturated carbocycles. The van der Waals surface area contributed by atoms with Crippen LogP contribution in [-0.2, 0) is 6.54 Å². The topological polar surface area (TPSA) is 57.5 Å². The van der Waals surface area contributed by atoms with Gasteiger partial charge in [0.2, 0.25) is 0 Å². The number of likely N-dealkylation sites (tertiary alicyclic amines) is 1. The van der Waals surface area contributed by atoms with Crippen molar-refractivity contribution in [3.8, 4) is 5.69 Å². The second-order valence-electron chi connectivity index (χ2n) is 6.79. The third-order valence-corrected chi connectivity index (χ3v) is 4.49. The zero-order chi connectivity index (χ0) is 20.0. The molecule has 2 N–H and O–H groups in total. The number of nitrogens with one attached hydrogen (secondary N) is 2. The van der Waals surface area contributed by atoms with Gasteiger partial charge in [-0.2, -0.15) is 18.3 Å². The van der Waals surface area contributed by atoms with Gasteiger partial charge >= 0.3 is 6.18 Å². The molecule has 1 fully saturated rings. The molecule has 0 bridgehead atoms. The summed E-state index contributed by atoms with van der Waals surface area (Å²) in [5.41, 5.74) is 2.01. The van der Waals surface area contributed by atoms with Gasteiger partial charge in [0.1, 0.15) is 0 Å². The summed E-state index contributed by atoms with van der Waals surface area (Å²) in [4.78, 5) is 6.00. The van der Waals surface area contributed by atoms with E-state index >= 15 is 0 Å². The number of guanidine groups is 1. The predicted octanol–water partition coefficient (Wildman–Crippen LogP) is 2.56. The molecule has 2 aromatic rings. The van der Waals surface area contributed by atoms with E-state index in [1.165, 1.54) is 4.90 Å². The van der Waals surface area contributed by atoms with Crippen LogP contribution in [0.5, 0.6) is 0 Å². The van der Waals surface area contributed by atoms with Crippen molar-refractivity contribution in [3.63, 3.8) is 0 Å². The lowest BCUT2D eigenvalue weighted by atomic mass is 10.2. The number of alkyl halides is 3. The van der Waals surface area contributed by atoms with Gasteiger partial charge in [-0.15, -0.1) is 0 Å². The van der Waals surface area contributed by atoms with Gasteiger partial charge in [0.05, 0.1) is 18.8 Å². The second kappa shape index (κ2) is 9.09. The maximum absolute atomic E-state index is 12.5. The minimum atomic E-state index is -4.16. The molecule has 9 heteroatoms. The van der Waals surface area contributed by atoms with Crippen LogP contribution in [0.15, 0.2) is 47.7 Å². The van der Waals surface area contributed by atoms with Crippen LogP contribution in [0, 0.1) is 0 Å². The molecule has 1 aromatic heterocycles. The monoisotopic (exact) mass is 394 g/mol. The highest BCUT2D eigenvalue weighted by Crippen LogP contribution is 2.20. The summed E-state index contributed by atoms with van der Waals surface area (Å²) in [5.74, 6) is 0.623. The van der Waals surface area contributed by atoms with Gasteiger partial charge < -0.3 is 10.6 Å². The van der Waals surface area contributed by atoms with Crippen LogP contribution in [0.4, 0.5) is 13.2 Å². The Labute approximate surface area is 162 Å². The Hall–Kier alpha value is -2.55. The first-order chi connectivity index (χ1) is 13.4. The average molecular weight is 394 g/mol. The summed E-state index contributed by atoms with van der Waals surface area (Å²) in [7, 11) is 0. The van der Waals surface area contributed by atoms with Crippen LogP contribution in [0.2, 0.25) is 0 Å². The van der Waals surface area contributed by atoms with E-state index in [1.807, 2.05) is 43.5 Å². The molecule has 2 heterocycles. The van der Waals surface area contributed by atoms with Gasteiger partial charge in [0.15, 0.2) is 5.96 Å². The van der Waals surface area contributed by atoms with Crippen LogP contribution >= 0.6 is 0 Å². The van der Waals surface area contributed by atoms with Crippen molar-refractivity contribution in [2.45, 2.75) is 32.1 Å². The van der Waals surface area contributed by atoms with E-state index in [-0.39, 0.29) is 6.04 Å². The van der Waals surface area contributed by atoms with Gasteiger partial charge in [-0.3, -0.25) is 4.90 Å². The first-order valence-corrected chi connectivity index (χ1v) is 9.36. The summed E-state index contributed by atoms with van der Waals surface area (Å²) in [6.45, 7) is 3.06. The molecule has 0 aliphatic carbocycles. The van der Waals surface area contributed by atoms with Crippen molar-refractivity contribution in [1.29, 1.82) is 0 Å². The summed E-state index contributed by atoms with van der Waals surface area (Å²) >= 11 is 0. The van der Waals surface area contributed by atoms with Crippen molar-refractivity contribution in [3.05, 3.63) is 48.3 Å². The number of hydrogen-bond acceptors (Lipinski definition) is 3. The molecule has 1 aromatic carbocycles. The highest BCUT2D eigenvalue weighted by molar-refractivity contribution is 5.80. The molecule has 1 unspecified atom stereocenters. The minimum absolute atomic E-state index is 0.0395. The Bertz CT molecular complexity index is 755. The molecule has 1 atom stereocenters. The lowest BCUT2D eigenvalue weighted by molar-refractivity contribution is -0.143. The Balaban J connectivity index is 1.55. The maximum atomic E-state index is 12.5. The van der Waals surface area contributed by atoms with E-state index in [0.717, 1.165) is 11.3 Å². The predicted molar refractivity (Wildman–Crippen MR) is 102 cm³/mol. The summed E-state index contributed by atoms with van der Waals surface area (Å²) in [6.07, 6.45) is 0.115. The Morgan fingerprint density at radius 3 is 2.71 bits per heavy atom. The van der Waals surface area contributed by atoms with Crippen LogP contribution in [0.3, 0.4) is 0 Å². The molecule has 152 valence electrons. The summed E-state index contributed by atoms with van der Waals surface area (Å²) in [6, 6.07) is 9.76. The summed E-state index contributed by atoms with van der Waals surface area (Å²) in [5, 5.41) is 10.6. The molecular weight excluding hydrogens is 369 g/mol. The molecule has 3 rings (SSSR count). The maximum Gasteiger partial charge on any atom is 0.401 e. The molecule has 28 heavy (non-hydrogen) atoms. The number of benzene rings is 1. The quantitative estimate of drug-likeness (QED) is 0.584. The van der Waals surface area contributed by atoms with Crippen molar-refractivity contribution < 1.29 is 13.2 Å². The van der Waals surface area contributed by atoms with E-state index in [4.69, 9.17) is 0 Å². The molecule has 6 nitrogen and oxygen atoms in total. The molecule has 1 aliphatic rings. The minimum Gasteiger partial charge on any atom is -0.357 e. The van der Waals surface area contributed by atoms with Crippen molar-refractivity contribution in [2.75, 3.05) is 26.2 Å². The highest BCUT2D eigenvalue weighted by atomic mass is 19.4. The zero-order valence-electron chi connectivity index (χ0n) is 15.8. The molecule has 0 amide bonds. The fraction of sp³-hybridized carbons (Fsp3) is 0.474. The first kappa shape index (κ1) is 20.2. The van der Waals surface area contributed by atoms with Gasteiger partial charge in [-0.05, 0) is 37.1 Å². The lowest BCUT2D eigenvalue weighted by Crippen LogP contribution is -2.45. The fourth-order valence-electron chi connectivity index (χ4n) is 3.21. The fourth-order valence-corrected chi connectivity index (χ4v) is 3.21. The van der Waals surface area contributed by atoms with E-state index in [0.29, 0.717) is 38.6 Å². The van der Waals surface area contributed by atoms with E-state index in [9.17, 15) is 13.2 Å². The van der Waals surface area contributed by atoms with Crippen molar-refractivity contribution in [2.24, 2.45) is 4.99 Å². The van der Waals surface area contributed by atoms with Gasteiger partial charge in [0.25, 0.3) is 0 Å². The van der Waals surface area contributed by atoms with Crippen molar-refractivity contribution >= 4 is 5.96 Å². The van der Waals surface area contributed by atoms with Crippen LogP contribution in [0.1, 0.15) is 18.9 Å². The van der Waals surface area contributed by atoms with Gasteiger partial charge in [0, 0.05) is 38.1 Å². The largest absolute Gasteiger partial charge is 0.401 e. The third kappa shape index (κ3) is 5.98. The summed E-state index contributed by atoms with van der Waals surface area (Å²) < 4.78 is 39.4. The van der Waals surface area contributed by atoms with E-state index < -0.39 is 12.7 Å². The standard InChI is InChI=1S/C19H25F3N6/c1-2-23-18(26-16-8-11-27(13-16)14-19(20,21)22)24-12-15-4-6-17(7-5-15)28-10-3-9-25-28/h3-7,9-10,16H,2,8,11-14H2,1H3,(H2,23,24,26). The normalized spacial score (nSPS) is 18.4. The third-order valence-electron chi connectivity index (χ3n) is 4.49. The van der Waals surface area contributed by atoms with Crippen LogP contribution in [0.25, 0.3) is 5.69 Å². The number of aliphatic imine (C=N–C) groups is 1. The van der Waals surface area contributed by atoms with Crippen LogP contribution in [-0.4, -0.2) is 59.0 Å². The zero-order valence-corrected chi connectivity index (χ0v) is 15.8. The lowest BCUT2D eigenvalue weighted by Gasteiger charge is -2.19. The number of aromatic nitrogens is 2. The molecular formula is C19H25F3N6. The first-order valence-electron chi connectivity index (χ1n) is 9.36. The number of halogens is 3. The van der Waals surface area contributed by atoms with Crippen molar-refractivity contribution in [1.82, 2.24) is 25.3 Å².